The molecule has 0 radical (unpaired) electrons. The van der Waals surface area contributed by atoms with E-state index in [1.807, 2.05) is 18.2 Å². The van der Waals surface area contributed by atoms with E-state index in [0.717, 1.165) is 0 Å². The van der Waals surface area contributed by atoms with Gasteiger partial charge in [0.05, 0.1) is 6.10 Å². The highest BCUT2D eigenvalue weighted by molar-refractivity contribution is 5.82. The number of benzene rings is 2. The molecule has 1 N–H and O–H groups in total. The molecule has 2 atom stereocenters. The van der Waals surface area contributed by atoms with E-state index in [1.165, 1.54) is 12.1 Å². The highest BCUT2D eigenvalue weighted by Gasteiger charge is 2.32. The zero-order valence-electron chi connectivity index (χ0n) is 15.5. The number of rotatable bonds is 4. The molecule has 1 fully saturated rings. The van der Waals surface area contributed by atoms with Crippen LogP contribution in [0.2, 0.25) is 0 Å². The van der Waals surface area contributed by atoms with Gasteiger partial charge in [0.15, 0.2) is 11.5 Å². The second-order valence-electron chi connectivity index (χ2n) is 7.06. The molecule has 28 heavy (non-hydrogen) atoms. The maximum Gasteiger partial charge on any atom is 0.267 e. The Hall–Kier alpha value is -2.64. The van der Waals surface area contributed by atoms with E-state index in [1.54, 1.807) is 23.1 Å². The van der Waals surface area contributed by atoms with Gasteiger partial charge in [0.2, 0.25) is 6.10 Å². The predicted octanol–water partition coefficient (Wildman–Crippen LogP) is 1.84. The summed E-state index contributed by atoms with van der Waals surface area (Å²) in [7, 11) is 0. The van der Waals surface area contributed by atoms with E-state index in [0.29, 0.717) is 49.8 Å². The Labute approximate surface area is 163 Å². The van der Waals surface area contributed by atoms with Gasteiger partial charge in [-0.15, -0.1) is 0 Å². The first kappa shape index (κ1) is 18.7. The highest BCUT2D eigenvalue weighted by atomic mass is 19.1. The maximum atomic E-state index is 13.0. The maximum absolute atomic E-state index is 13.0. The van der Waals surface area contributed by atoms with E-state index < -0.39 is 12.2 Å². The molecule has 2 aromatic carbocycles. The standard InChI is InChI=1S/C21H23FN2O4/c22-16-7-5-15(6-8-16)17(25)13-23-9-11-24(12-10-23)21(26)20-14-27-18-3-1-2-4-19(18)28-20/h1-8,17,20,25H,9-14H2/t17-,20+/m1/s1. The molecular formula is C21H23FN2O4. The van der Waals surface area contributed by atoms with Crippen molar-refractivity contribution in [1.82, 2.24) is 9.80 Å². The zero-order valence-corrected chi connectivity index (χ0v) is 15.5. The van der Waals surface area contributed by atoms with Crippen molar-refractivity contribution in [3.8, 4) is 11.5 Å². The van der Waals surface area contributed by atoms with Crippen molar-refractivity contribution in [3.63, 3.8) is 0 Å². The number of aliphatic hydroxyl groups is 1. The van der Waals surface area contributed by atoms with E-state index >= 15 is 0 Å². The molecular weight excluding hydrogens is 363 g/mol. The Morgan fingerprint density at radius 2 is 1.75 bits per heavy atom. The van der Waals surface area contributed by atoms with Crippen molar-refractivity contribution in [1.29, 1.82) is 0 Å². The molecule has 0 aliphatic carbocycles. The first-order chi connectivity index (χ1) is 13.6. The number of β-amino-alcohol motifs (C(OH)–C–C–N with tert-alkyl or cyclic N) is 1. The molecule has 0 spiro atoms. The van der Waals surface area contributed by atoms with Crippen molar-refractivity contribution in [2.24, 2.45) is 0 Å². The van der Waals surface area contributed by atoms with Gasteiger partial charge in [-0.3, -0.25) is 9.69 Å². The van der Waals surface area contributed by atoms with E-state index in [4.69, 9.17) is 9.47 Å². The van der Waals surface area contributed by atoms with Gasteiger partial charge in [0.1, 0.15) is 12.4 Å². The van der Waals surface area contributed by atoms with Crippen LogP contribution in [0.5, 0.6) is 11.5 Å². The van der Waals surface area contributed by atoms with Crippen LogP contribution in [0.1, 0.15) is 11.7 Å². The number of aliphatic hydroxyl groups excluding tert-OH is 1. The Kier molecular flexibility index (Phi) is 5.45. The highest BCUT2D eigenvalue weighted by Crippen LogP contribution is 2.31. The SMILES string of the molecule is O=C([C@@H]1COc2ccccc2O1)N1CCN(C[C@@H](O)c2ccc(F)cc2)CC1. The number of nitrogens with zero attached hydrogens (tertiary/aromatic N) is 2. The van der Waals surface area contributed by atoms with Crippen molar-refractivity contribution in [3.05, 3.63) is 59.9 Å². The second kappa shape index (κ2) is 8.16. The van der Waals surface area contributed by atoms with Crippen LogP contribution < -0.4 is 9.47 Å². The first-order valence-corrected chi connectivity index (χ1v) is 9.43. The number of halogens is 1. The summed E-state index contributed by atoms with van der Waals surface area (Å²) in [6, 6.07) is 13.2. The largest absolute Gasteiger partial charge is 0.485 e. The Balaban J connectivity index is 1.28. The summed E-state index contributed by atoms with van der Waals surface area (Å²) in [6.07, 6.45) is -1.32. The molecule has 6 nitrogen and oxygen atoms in total. The molecule has 0 bridgehead atoms. The van der Waals surface area contributed by atoms with E-state index in [2.05, 4.69) is 4.90 Å². The fraction of sp³-hybridized carbons (Fsp3) is 0.381. The molecule has 1 amide bonds. The topological polar surface area (TPSA) is 62.2 Å². The molecule has 0 aromatic heterocycles. The van der Waals surface area contributed by atoms with Gasteiger partial charge in [0.25, 0.3) is 5.91 Å². The molecule has 2 aliphatic heterocycles. The molecule has 1 saturated heterocycles. The number of piperazine rings is 1. The van der Waals surface area contributed by atoms with Crippen LogP contribution in [0, 0.1) is 5.82 Å². The fourth-order valence-corrected chi connectivity index (χ4v) is 3.53. The van der Waals surface area contributed by atoms with E-state index in [9.17, 15) is 14.3 Å². The normalized spacial score (nSPS) is 20.6. The average Bonchev–Trinajstić information content (AvgIpc) is 2.74. The number of fused-ring (bicyclic) bond motifs is 1. The molecule has 2 aliphatic rings. The van der Waals surface area contributed by atoms with Gasteiger partial charge in [-0.25, -0.2) is 4.39 Å². The number of carbonyl (C=O) groups excluding carboxylic acids is 1. The van der Waals surface area contributed by atoms with Gasteiger partial charge in [-0.05, 0) is 29.8 Å². The summed E-state index contributed by atoms with van der Waals surface area (Å²) in [5, 5.41) is 10.4. The molecule has 0 unspecified atom stereocenters. The van der Waals surface area contributed by atoms with Gasteiger partial charge in [-0.2, -0.15) is 0 Å². The van der Waals surface area contributed by atoms with Gasteiger partial charge in [-0.1, -0.05) is 24.3 Å². The molecule has 7 heteroatoms. The second-order valence-corrected chi connectivity index (χ2v) is 7.06. The van der Waals surface area contributed by atoms with Gasteiger partial charge < -0.3 is 19.5 Å². The first-order valence-electron chi connectivity index (χ1n) is 9.43. The zero-order chi connectivity index (χ0) is 19.5. The minimum absolute atomic E-state index is 0.0757. The number of hydrogen-bond donors (Lipinski definition) is 1. The lowest BCUT2D eigenvalue weighted by atomic mass is 10.1. The molecule has 0 saturated carbocycles. The Morgan fingerprint density at radius 3 is 2.46 bits per heavy atom. The summed E-state index contributed by atoms with van der Waals surface area (Å²) >= 11 is 0. The third-order valence-corrected chi connectivity index (χ3v) is 5.15. The monoisotopic (exact) mass is 386 g/mol. The molecule has 2 heterocycles. The third-order valence-electron chi connectivity index (χ3n) is 5.15. The summed E-state index contributed by atoms with van der Waals surface area (Å²) in [4.78, 5) is 16.6. The summed E-state index contributed by atoms with van der Waals surface area (Å²) in [6.45, 7) is 3.11. The number of amides is 1. The minimum atomic E-state index is -0.686. The minimum Gasteiger partial charge on any atom is -0.485 e. The lowest BCUT2D eigenvalue weighted by Gasteiger charge is -2.37. The third kappa shape index (κ3) is 4.10. The van der Waals surface area contributed by atoms with Crippen LogP contribution in [0.25, 0.3) is 0 Å². The van der Waals surface area contributed by atoms with Crippen molar-refractivity contribution >= 4 is 5.91 Å². The lowest BCUT2D eigenvalue weighted by molar-refractivity contribution is -0.143. The van der Waals surface area contributed by atoms with Crippen LogP contribution in [0.4, 0.5) is 4.39 Å². The summed E-state index contributed by atoms with van der Waals surface area (Å²) in [5.74, 6) is 0.854. The fourth-order valence-electron chi connectivity index (χ4n) is 3.53. The number of para-hydroxylation sites is 2. The smallest absolute Gasteiger partial charge is 0.267 e. The Bertz CT molecular complexity index is 821. The van der Waals surface area contributed by atoms with Crippen molar-refractivity contribution in [2.45, 2.75) is 12.2 Å². The molecule has 4 rings (SSSR count). The van der Waals surface area contributed by atoms with Crippen LogP contribution in [0.15, 0.2) is 48.5 Å². The van der Waals surface area contributed by atoms with Gasteiger partial charge >= 0.3 is 0 Å². The Morgan fingerprint density at radius 1 is 1.07 bits per heavy atom. The van der Waals surface area contributed by atoms with Crippen LogP contribution >= 0.6 is 0 Å². The van der Waals surface area contributed by atoms with Crippen LogP contribution in [0.3, 0.4) is 0 Å². The lowest BCUT2D eigenvalue weighted by Crippen LogP contribution is -2.54. The van der Waals surface area contributed by atoms with Crippen LogP contribution in [-0.2, 0) is 4.79 Å². The van der Waals surface area contributed by atoms with Gasteiger partial charge in [0, 0.05) is 32.7 Å². The number of hydrogen-bond acceptors (Lipinski definition) is 5. The quantitative estimate of drug-likeness (QED) is 0.869. The van der Waals surface area contributed by atoms with E-state index in [-0.39, 0.29) is 18.3 Å². The average molecular weight is 386 g/mol. The predicted molar refractivity (Wildman–Crippen MR) is 101 cm³/mol. The van der Waals surface area contributed by atoms with Crippen molar-refractivity contribution in [2.75, 3.05) is 39.3 Å². The number of carbonyl (C=O) groups is 1. The molecule has 148 valence electrons. The summed E-state index contributed by atoms with van der Waals surface area (Å²) in [5.41, 5.74) is 0.686. The summed E-state index contributed by atoms with van der Waals surface area (Å²) < 4.78 is 24.5. The van der Waals surface area contributed by atoms with Crippen LogP contribution in [-0.4, -0.2) is 66.2 Å². The number of ether oxygens (including phenoxy) is 2. The molecule has 2 aromatic rings. The van der Waals surface area contributed by atoms with Crippen molar-refractivity contribution < 1.29 is 23.8 Å².